The first-order valence-corrected chi connectivity index (χ1v) is 12.7. The number of rotatable bonds is 8. The molecule has 0 aromatic heterocycles. The average Bonchev–Trinajstić information content (AvgIpc) is 3.32. The van der Waals surface area contributed by atoms with Crippen LogP contribution in [0.25, 0.3) is 0 Å². The second-order valence-electron chi connectivity index (χ2n) is 9.14. The summed E-state index contributed by atoms with van der Waals surface area (Å²) in [6.45, 7) is 1.04. The van der Waals surface area contributed by atoms with E-state index < -0.39 is 41.0 Å². The Morgan fingerprint density at radius 1 is 1.13 bits per heavy atom. The van der Waals surface area contributed by atoms with Gasteiger partial charge in [0.15, 0.2) is 11.6 Å². The molecule has 1 fully saturated rings. The molecule has 38 heavy (non-hydrogen) atoms. The highest BCUT2D eigenvalue weighted by Crippen LogP contribution is 2.32. The molecule has 5 N–H and O–H groups in total. The number of amides is 3. The molecule has 2 unspecified atom stereocenters. The molecular formula is C25H26BrF3N6O3. The SMILES string of the molecule is NC(=O)C1(c2ccc(NC(=O)c3ccc(F)cc3Br)cc2)NC=NC1C(=O)NCCN1CCC(F)(F)CC1. The highest BCUT2D eigenvalue weighted by molar-refractivity contribution is 9.10. The number of likely N-dealkylation sites (tertiary alicyclic amines) is 1. The second kappa shape index (κ2) is 11.1. The standard InChI is InChI=1S/C25H26BrF3N6O3/c26-19-13-16(27)3-6-18(19)21(36)34-17-4-1-15(2-5-17)25(23(30)38)20(32-14-33-25)22(37)31-9-12-35-10-7-24(28,29)8-11-35/h1-6,13-14,20H,7-12H2,(H2,30,38)(H,31,37)(H,32,33)(H,34,36). The van der Waals surface area contributed by atoms with E-state index in [1.807, 2.05) is 4.90 Å². The number of piperidine rings is 1. The van der Waals surface area contributed by atoms with Gasteiger partial charge in [-0.1, -0.05) is 12.1 Å². The molecule has 3 amide bonds. The first-order valence-electron chi connectivity index (χ1n) is 11.9. The molecule has 0 aliphatic carbocycles. The molecule has 202 valence electrons. The molecule has 2 atom stereocenters. The van der Waals surface area contributed by atoms with E-state index in [9.17, 15) is 27.6 Å². The maximum atomic E-state index is 13.4. The van der Waals surface area contributed by atoms with Crippen molar-refractivity contribution in [3.05, 3.63) is 63.9 Å². The molecule has 2 aromatic rings. The minimum absolute atomic E-state index is 0.190. The monoisotopic (exact) mass is 594 g/mol. The molecule has 2 aliphatic heterocycles. The molecule has 9 nitrogen and oxygen atoms in total. The zero-order valence-corrected chi connectivity index (χ0v) is 21.7. The Kier molecular flexibility index (Phi) is 8.07. The van der Waals surface area contributed by atoms with Crippen LogP contribution in [0.1, 0.15) is 28.8 Å². The van der Waals surface area contributed by atoms with Crippen LogP contribution in [0.4, 0.5) is 18.9 Å². The summed E-state index contributed by atoms with van der Waals surface area (Å²) >= 11 is 3.16. The fourth-order valence-corrected chi connectivity index (χ4v) is 5.02. The zero-order chi connectivity index (χ0) is 27.5. The lowest BCUT2D eigenvalue weighted by Gasteiger charge is -2.33. The Balaban J connectivity index is 1.42. The predicted molar refractivity (Wildman–Crippen MR) is 138 cm³/mol. The van der Waals surface area contributed by atoms with Crippen molar-refractivity contribution in [1.82, 2.24) is 15.5 Å². The van der Waals surface area contributed by atoms with E-state index in [4.69, 9.17) is 5.73 Å². The largest absolute Gasteiger partial charge is 0.367 e. The number of carbonyl (C=O) groups is 3. The van der Waals surface area contributed by atoms with Crippen LogP contribution in [0, 0.1) is 5.82 Å². The lowest BCUT2D eigenvalue weighted by molar-refractivity contribution is -0.131. The highest BCUT2D eigenvalue weighted by atomic mass is 79.9. The van der Waals surface area contributed by atoms with Crippen molar-refractivity contribution in [2.24, 2.45) is 10.7 Å². The summed E-state index contributed by atoms with van der Waals surface area (Å²) in [5.74, 6) is -5.01. The minimum atomic E-state index is -2.65. The molecule has 0 saturated carbocycles. The summed E-state index contributed by atoms with van der Waals surface area (Å²) in [5.41, 5.74) is 5.04. The van der Waals surface area contributed by atoms with Gasteiger partial charge in [0, 0.05) is 49.2 Å². The summed E-state index contributed by atoms with van der Waals surface area (Å²) in [7, 11) is 0. The molecule has 0 spiro atoms. The molecule has 2 aliphatic rings. The van der Waals surface area contributed by atoms with Crippen LogP contribution in [0.2, 0.25) is 0 Å². The maximum Gasteiger partial charge on any atom is 0.256 e. The van der Waals surface area contributed by atoms with Gasteiger partial charge in [-0.05, 0) is 51.8 Å². The fourth-order valence-electron chi connectivity index (χ4n) is 4.48. The van der Waals surface area contributed by atoms with Crippen LogP contribution >= 0.6 is 15.9 Å². The van der Waals surface area contributed by atoms with Crippen LogP contribution in [0.15, 0.2) is 51.9 Å². The predicted octanol–water partition coefficient (Wildman–Crippen LogP) is 2.37. The Morgan fingerprint density at radius 3 is 2.45 bits per heavy atom. The minimum Gasteiger partial charge on any atom is -0.367 e. The summed E-state index contributed by atoms with van der Waals surface area (Å²) < 4.78 is 40.3. The lowest BCUT2D eigenvalue weighted by atomic mass is 9.82. The van der Waals surface area contributed by atoms with Crippen molar-refractivity contribution >= 4 is 45.7 Å². The van der Waals surface area contributed by atoms with E-state index in [0.29, 0.717) is 22.3 Å². The smallest absolute Gasteiger partial charge is 0.256 e. The number of hydrogen-bond acceptors (Lipinski definition) is 6. The summed E-state index contributed by atoms with van der Waals surface area (Å²) in [4.78, 5) is 44.2. The fraction of sp³-hybridized carbons (Fsp3) is 0.360. The zero-order valence-electron chi connectivity index (χ0n) is 20.1. The number of aliphatic imine (C=N–C) groups is 1. The van der Waals surface area contributed by atoms with Gasteiger partial charge in [-0.2, -0.15) is 0 Å². The summed E-state index contributed by atoms with van der Waals surface area (Å²) in [6.07, 6.45) is 0.795. The van der Waals surface area contributed by atoms with E-state index in [2.05, 4.69) is 36.9 Å². The van der Waals surface area contributed by atoms with E-state index in [-0.39, 0.29) is 38.0 Å². The Labute approximate surface area is 225 Å². The normalized spacial score (nSPS) is 22.5. The van der Waals surface area contributed by atoms with Crippen molar-refractivity contribution in [2.45, 2.75) is 30.3 Å². The molecule has 1 saturated heterocycles. The molecule has 2 aromatic carbocycles. The first kappa shape index (κ1) is 27.6. The maximum absolute atomic E-state index is 13.4. The van der Waals surface area contributed by atoms with Gasteiger partial charge in [-0.25, -0.2) is 13.2 Å². The van der Waals surface area contributed by atoms with Crippen molar-refractivity contribution in [2.75, 3.05) is 31.5 Å². The van der Waals surface area contributed by atoms with Crippen LogP contribution in [0.3, 0.4) is 0 Å². The lowest BCUT2D eigenvalue weighted by Crippen LogP contribution is -2.60. The number of primary amides is 1. The molecule has 2 heterocycles. The number of benzene rings is 2. The second-order valence-corrected chi connectivity index (χ2v) is 10.00. The van der Waals surface area contributed by atoms with E-state index in [1.54, 1.807) is 0 Å². The number of nitrogens with two attached hydrogens (primary N) is 1. The van der Waals surface area contributed by atoms with Crippen molar-refractivity contribution < 1.29 is 27.6 Å². The van der Waals surface area contributed by atoms with Crippen LogP contribution < -0.4 is 21.7 Å². The van der Waals surface area contributed by atoms with Gasteiger partial charge in [-0.15, -0.1) is 0 Å². The number of carbonyl (C=O) groups excluding carboxylic acids is 3. The van der Waals surface area contributed by atoms with Gasteiger partial charge in [0.05, 0.1) is 11.9 Å². The van der Waals surface area contributed by atoms with E-state index >= 15 is 0 Å². The van der Waals surface area contributed by atoms with Gasteiger partial charge in [0.1, 0.15) is 5.82 Å². The molecule has 13 heteroatoms. The van der Waals surface area contributed by atoms with Gasteiger partial charge in [-0.3, -0.25) is 19.4 Å². The Bertz CT molecular complexity index is 1250. The topological polar surface area (TPSA) is 129 Å². The molecule has 4 rings (SSSR count). The first-order chi connectivity index (χ1) is 18.0. The Morgan fingerprint density at radius 2 is 1.82 bits per heavy atom. The van der Waals surface area contributed by atoms with Gasteiger partial charge >= 0.3 is 0 Å². The average molecular weight is 595 g/mol. The third-order valence-electron chi connectivity index (χ3n) is 6.65. The van der Waals surface area contributed by atoms with Gasteiger partial charge in [0.25, 0.3) is 17.7 Å². The summed E-state index contributed by atoms with van der Waals surface area (Å²) in [6, 6.07) is 8.63. The van der Waals surface area contributed by atoms with Crippen LogP contribution in [0.5, 0.6) is 0 Å². The number of anilines is 1. The molecule has 0 radical (unpaired) electrons. The quantitative estimate of drug-likeness (QED) is 0.373. The number of alkyl halides is 2. The van der Waals surface area contributed by atoms with E-state index in [0.717, 1.165) is 0 Å². The highest BCUT2D eigenvalue weighted by Gasteiger charge is 2.52. The third-order valence-corrected chi connectivity index (χ3v) is 7.31. The van der Waals surface area contributed by atoms with Crippen LogP contribution in [-0.4, -0.2) is 67.1 Å². The number of halogens is 4. The number of hydrogen-bond donors (Lipinski definition) is 4. The molecule has 0 bridgehead atoms. The van der Waals surface area contributed by atoms with Crippen molar-refractivity contribution in [3.63, 3.8) is 0 Å². The molecular weight excluding hydrogens is 569 g/mol. The number of nitrogens with zero attached hydrogens (tertiary/aromatic N) is 2. The number of nitrogens with one attached hydrogen (secondary N) is 3. The van der Waals surface area contributed by atoms with Gasteiger partial charge < -0.3 is 26.6 Å². The van der Waals surface area contributed by atoms with Crippen molar-refractivity contribution in [3.8, 4) is 0 Å². The third kappa shape index (κ3) is 5.83. The van der Waals surface area contributed by atoms with Crippen molar-refractivity contribution in [1.29, 1.82) is 0 Å². The van der Waals surface area contributed by atoms with Gasteiger partial charge in [0.2, 0.25) is 5.91 Å². The Hall–Kier alpha value is -3.45. The summed E-state index contributed by atoms with van der Waals surface area (Å²) in [5, 5.41) is 8.22. The van der Waals surface area contributed by atoms with Crippen LogP contribution in [-0.2, 0) is 15.1 Å². The van der Waals surface area contributed by atoms with E-state index in [1.165, 1.54) is 48.8 Å².